The lowest BCUT2D eigenvalue weighted by molar-refractivity contribution is 0.481. The molecule has 2 aromatic carbocycles. The molecule has 1 atom stereocenters. The molecule has 0 spiro atoms. The molecule has 0 fully saturated rings. The van der Waals surface area contributed by atoms with Crippen LogP contribution in [0.4, 0.5) is 0 Å². The van der Waals surface area contributed by atoms with E-state index in [-0.39, 0.29) is 0 Å². The number of aryl methyl sites for hydroxylation is 2. The highest BCUT2D eigenvalue weighted by atomic mass is 32.2. The zero-order valence-electron chi connectivity index (χ0n) is 12.2. The van der Waals surface area contributed by atoms with E-state index in [4.69, 9.17) is 4.74 Å². The lowest BCUT2D eigenvalue weighted by atomic mass is 10.2. The molecule has 2 rings (SSSR count). The molecule has 0 saturated carbocycles. The summed E-state index contributed by atoms with van der Waals surface area (Å²) < 4.78 is 18.0. The minimum atomic E-state index is -0.947. The Hall–Kier alpha value is -1.61. The van der Waals surface area contributed by atoms with Crippen LogP contribution in [0.15, 0.2) is 47.4 Å². The van der Waals surface area contributed by atoms with Crippen LogP contribution in [0.2, 0.25) is 0 Å². The van der Waals surface area contributed by atoms with Crippen molar-refractivity contribution >= 4 is 10.8 Å². The van der Waals surface area contributed by atoms with Crippen LogP contribution in [0.25, 0.3) is 0 Å². The monoisotopic (exact) mass is 288 g/mol. The van der Waals surface area contributed by atoms with Gasteiger partial charge >= 0.3 is 0 Å². The molecule has 1 unspecified atom stereocenters. The molecule has 0 saturated heterocycles. The van der Waals surface area contributed by atoms with Crippen molar-refractivity contribution in [3.8, 4) is 11.5 Å². The van der Waals surface area contributed by atoms with Gasteiger partial charge in [-0.05, 0) is 50.1 Å². The Kier molecular flexibility index (Phi) is 4.96. The molecule has 2 aromatic rings. The van der Waals surface area contributed by atoms with E-state index in [1.165, 1.54) is 5.56 Å². The second-order valence-electron chi connectivity index (χ2n) is 4.89. The summed E-state index contributed by atoms with van der Waals surface area (Å²) in [6, 6.07) is 13.7. The fourth-order valence-electron chi connectivity index (χ4n) is 1.93. The van der Waals surface area contributed by atoms with Crippen molar-refractivity contribution < 1.29 is 8.95 Å². The minimum absolute atomic E-state index is 0.689. The average molecular weight is 288 g/mol. The molecule has 2 nitrogen and oxygen atoms in total. The second-order valence-corrected chi connectivity index (χ2v) is 6.43. The summed E-state index contributed by atoms with van der Waals surface area (Å²) in [7, 11) is -0.947. The molecule has 0 aromatic heterocycles. The van der Waals surface area contributed by atoms with Crippen LogP contribution in [-0.2, 0) is 10.8 Å². The van der Waals surface area contributed by atoms with Gasteiger partial charge in [-0.15, -0.1) is 0 Å². The maximum absolute atomic E-state index is 12.2. The van der Waals surface area contributed by atoms with Gasteiger partial charge in [-0.2, -0.15) is 0 Å². The third-order valence-corrected chi connectivity index (χ3v) is 4.76. The maximum Gasteiger partial charge on any atom is 0.128 e. The van der Waals surface area contributed by atoms with Crippen molar-refractivity contribution in [3.63, 3.8) is 0 Å². The summed E-state index contributed by atoms with van der Waals surface area (Å²) in [5.74, 6) is 2.22. The molecule has 20 heavy (non-hydrogen) atoms. The highest BCUT2D eigenvalue weighted by Gasteiger charge is 2.08. The first-order valence-electron chi connectivity index (χ1n) is 6.83. The van der Waals surface area contributed by atoms with Gasteiger partial charge in [0.2, 0.25) is 0 Å². The quantitative estimate of drug-likeness (QED) is 0.803. The van der Waals surface area contributed by atoms with E-state index in [0.29, 0.717) is 5.75 Å². The number of hydrogen-bond donors (Lipinski definition) is 0. The van der Waals surface area contributed by atoms with E-state index < -0.39 is 10.8 Å². The summed E-state index contributed by atoms with van der Waals surface area (Å²) >= 11 is 0. The Morgan fingerprint density at radius 2 is 1.65 bits per heavy atom. The summed E-state index contributed by atoms with van der Waals surface area (Å²) in [4.78, 5) is 0.872. The third kappa shape index (κ3) is 3.70. The molecule has 0 aliphatic heterocycles. The molecule has 0 heterocycles. The van der Waals surface area contributed by atoms with Crippen LogP contribution in [0, 0.1) is 13.8 Å². The SMILES string of the molecule is CCCS(=O)c1cc(Oc2ccc(C)cc2)ccc1C. The zero-order chi connectivity index (χ0) is 14.5. The van der Waals surface area contributed by atoms with Crippen molar-refractivity contribution in [2.45, 2.75) is 32.1 Å². The summed E-state index contributed by atoms with van der Waals surface area (Å²) in [5.41, 5.74) is 2.25. The molecular formula is C17H20O2S. The Balaban J connectivity index is 2.22. The number of hydrogen-bond acceptors (Lipinski definition) is 2. The summed E-state index contributed by atoms with van der Waals surface area (Å²) in [5, 5.41) is 0. The van der Waals surface area contributed by atoms with Crippen molar-refractivity contribution in [2.24, 2.45) is 0 Å². The lowest BCUT2D eigenvalue weighted by Gasteiger charge is -2.10. The van der Waals surface area contributed by atoms with E-state index in [0.717, 1.165) is 28.4 Å². The molecule has 106 valence electrons. The first kappa shape index (κ1) is 14.8. The lowest BCUT2D eigenvalue weighted by Crippen LogP contribution is -1.99. The van der Waals surface area contributed by atoms with E-state index in [1.54, 1.807) is 0 Å². The van der Waals surface area contributed by atoms with Crippen molar-refractivity contribution in [3.05, 3.63) is 53.6 Å². The number of benzene rings is 2. The average Bonchev–Trinajstić information content (AvgIpc) is 2.43. The standard InChI is InChI=1S/C17H20O2S/c1-4-11-20(18)17-12-16(10-7-14(17)3)19-15-8-5-13(2)6-9-15/h5-10,12H,4,11H2,1-3H3. The summed E-state index contributed by atoms with van der Waals surface area (Å²) in [6.07, 6.45) is 0.912. The normalized spacial score (nSPS) is 12.2. The smallest absolute Gasteiger partial charge is 0.128 e. The number of rotatable bonds is 5. The first-order valence-corrected chi connectivity index (χ1v) is 8.15. The molecule has 0 aliphatic carbocycles. The Morgan fingerprint density at radius 3 is 2.30 bits per heavy atom. The largest absolute Gasteiger partial charge is 0.457 e. The zero-order valence-corrected chi connectivity index (χ0v) is 13.0. The van der Waals surface area contributed by atoms with Crippen LogP contribution in [0.5, 0.6) is 11.5 Å². The highest BCUT2D eigenvalue weighted by Crippen LogP contribution is 2.26. The Morgan fingerprint density at radius 1 is 1.00 bits per heavy atom. The van der Waals surface area contributed by atoms with Gasteiger partial charge in [0, 0.05) is 10.6 Å². The topological polar surface area (TPSA) is 26.3 Å². The van der Waals surface area contributed by atoms with Crippen LogP contribution >= 0.6 is 0 Å². The predicted octanol–water partition coefficient (Wildman–Crippen LogP) is 4.61. The van der Waals surface area contributed by atoms with Gasteiger partial charge < -0.3 is 4.74 Å². The maximum atomic E-state index is 12.2. The molecule has 0 aliphatic rings. The predicted molar refractivity (Wildman–Crippen MR) is 84.0 cm³/mol. The van der Waals surface area contributed by atoms with E-state index in [9.17, 15) is 4.21 Å². The van der Waals surface area contributed by atoms with E-state index >= 15 is 0 Å². The van der Waals surface area contributed by atoms with Gasteiger partial charge in [0.1, 0.15) is 11.5 Å². The number of ether oxygens (including phenoxy) is 1. The van der Waals surface area contributed by atoms with Gasteiger partial charge in [-0.3, -0.25) is 4.21 Å². The van der Waals surface area contributed by atoms with Crippen LogP contribution < -0.4 is 4.74 Å². The van der Waals surface area contributed by atoms with E-state index in [2.05, 4.69) is 0 Å². The minimum Gasteiger partial charge on any atom is -0.457 e. The second kappa shape index (κ2) is 6.71. The molecule has 0 N–H and O–H groups in total. The fraction of sp³-hybridized carbons (Fsp3) is 0.294. The van der Waals surface area contributed by atoms with Gasteiger partial charge in [-0.1, -0.05) is 30.7 Å². The first-order chi connectivity index (χ1) is 9.60. The Bertz CT molecular complexity index is 603. The molecule has 0 amide bonds. The molecule has 0 bridgehead atoms. The molecule has 3 heteroatoms. The van der Waals surface area contributed by atoms with Gasteiger partial charge in [0.05, 0.1) is 10.8 Å². The van der Waals surface area contributed by atoms with Gasteiger partial charge in [0.25, 0.3) is 0 Å². The van der Waals surface area contributed by atoms with Gasteiger partial charge in [0.15, 0.2) is 0 Å². The van der Waals surface area contributed by atoms with Crippen LogP contribution in [0.1, 0.15) is 24.5 Å². The van der Waals surface area contributed by atoms with Gasteiger partial charge in [-0.25, -0.2) is 0 Å². The Labute approximate surface area is 123 Å². The van der Waals surface area contributed by atoms with Crippen molar-refractivity contribution in [1.29, 1.82) is 0 Å². The van der Waals surface area contributed by atoms with Crippen LogP contribution in [-0.4, -0.2) is 9.96 Å². The molecule has 0 radical (unpaired) electrons. The summed E-state index contributed by atoms with van der Waals surface area (Å²) in [6.45, 7) is 6.07. The van der Waals surface area contributed by atoms with Crippen LogP contribution in [0.3, 0.4) is 0 Å². The molecular weight excluding hydrogens is 268 g/mol. The van der Waals surface area contributed by atoms with Crippen molar-refractivity contribution in [1.82, 2.24) is 0 Å². The fourth-order valence-corrected chi connectivity index (χ4v) is 3.19. The third-order valence-electron chi connectivity index (χ3n) is 3.05. The highest BCUT2D eigenvalue weighted by molar-refractivity contribution is 7.85. The van der Waals surface area contributed by atoms with E-state index in [1.807, 2.05) is 63.2 Å². The van der Waals surface area contributed by atoms with Crippen molar-refractivity contribution in [2.75, 3.05) is 5.75 Å².